The molecule has 1 heterocycles. The van der Waals surface area contributed by atoms with Crippen molar-refractivity contribution in [3.63, 3.8) is 0 Å². The van der Waals surface area contributed by atoms with Crippen LogP contribution in [0.4, 0.5) is 5.69 Å². The number of nitrogens with zero attached hydrogens (tertiary/aromatic N) is 1. The van der Waals surface area contributed by atoms with Crippen LogP contribution in [-0.2, 0) is 27.7 Å². The van der Waals surface area contributed by atoms with Crippen LogP contribution in [0.1, 0.15) is 47.2 Å². The van der Waals surface area contributed by atoms with E-state index < -0.39 is 10.0 Å². The lowest BCUT2D eigenvalue weighted by Gasteiger charge is -2.32. The SMILES string of the molecule is NS(=O)(=O)c1ccc(NC(=O)C2CCN(C(=O)c3cc4c(cc3O)CCCC4)CC2)cc1. The van der Waals surface area contributed by atoms with Crippen molar-refractivity contribution in [2.45, 2.75) is 43.4 Å². The van der Waals surface area contributed by atoms with Crippen LogP contribution >= 0.6 is 0 Å². The third-order valence-electron chi connectivity index (χ3n) is 6.29. The van der Waals surface area contributed by atoms with E-state index in [1.54, 1.807) is 11.0 Å². The first kappa shape index (κ1) is 22.3. The maximum atomic E-state index is 13.0. The third kappa shape index (κ3) is 4.78. The van der Waals surface area contributed by atoms with Gasteiger partial charge in [0.15, 0.2) is 0 Å². The number of benzene rings is 2. The van der Waals surface area contributed by atoms with Crippen molar-refractivity contribution in [3.8, 4) is 5.75 Å². The van der Waals surface area contributed by atoms with E-state index >= 15 is 0 Å². The van der Waals surface area contributed by atoms with Crippen LogP contribution < -0.4 is 10.5 Å². The summed E-state index contributed by atoms with van der Waals surface area (Å²) in [5.74, 6) is -0.599. The van der Waals surface area contributed by atoms with Crippen molar-refractivity contribution in [2.75, 3.05) is 18.4 Å². The minimum absolute atomic E-state index is 0.0206. The lowest BCUT2D eigenvalue weighted by Crippen LogP contribution is -2.41. The first-order valence-electron chi connectivity index (χ1n) is 10.8. The number of anilines is 1. The largest absolute Gasteiger partial charge is 0.507 e. The van der Waals surface area contributed by atoms with Crippen molar-refractivity contribution in [2.24, 2.45) is 11.1 Å². The molecule has 0 saturated carbocycles. The normalized spacial score (nSPS) is 17.0. The fourth-order valence-corrected chi connectivity index (χ4v) is 4.95. The molecule has 170 valence electrons. The summed E-state index contributed by atoms with van der Waals surface area (Å²) in [7, 11) is -3.78. The Bertz CT molecular complexity index is 1140. The number of fused-ring (bicyclic) bond motifs is 1. The zero-order valence-electron chi connectivity index (χ0n) is 17.7. The Morgan fingerprint density at radius 1 is 1.00 bits per heavy atom. The summed E-state index contributed by atoms with van der Waals surface area (Å²) in [5, 5.41) is 18.3. The van der Waals surface area contributed by atoms with Gasteiger partial charge in [0.1, 0.15) is 5.75 Å². The summed E-state index contributed by atoms with van der Waals surface area (Å²) >= 11 is 0. The van der Waals surface area contributed by atoms with Crippen LogP contribution in [0.2, 0.25) is 0 Å². The molecule has 8 nitrogen and oxygen atoms in total. The fraction of sp³-hybridized carbons (Fsp3) is 0.391. The van der Waals surface area contributed by atoms with Gasteiger partial charge in [0.25, 0.3) is 5.91 Å². The second kappa shape index (κ2) is 8.91. The van der Waals surface area contributed by atoms with Gasteiger partial charge >= 0.3 is 0 Å². The van der Waals surface area contributed by atoms with E-state index in [-0.39, 0.29) is 28.4 Å². The number of aryl methyl sites for hydroxylation is 2. The Balaban J connectivity index is 1.35. The number of nitrogens with two attached hydrogens (primary N) is 1. The lowest BCUT2D eigenvalue weighted by atomic mass is 9.89. The second-order valence-corrected chi connectivity index (χ2v) is 10.0. The Labute approximate surface area is 187 Å². The highest BCUT2D eigenvalue weighted by Crippen LogP contribution is 2.30. The molecule has 4 N–H and O–H groups in total. The van der Waals surface area contributed by atoms with Crippen LogP contribution in [0.15, 0.2) is 41.3 Å². The molecule has 2 aromatic rings. The number of primary sulfonamides is 1. The average molecular weight is 458 g/mol. The summed E-state index contributed by atoms with van der Waals surface area (Å²) in [5.41, 5.74) is 3.08. The van der Waals surface area contributed by atoms with Crippen molar-refractivity contribution in [1.82, 2.24) is 4.90 Å². The summed E-state index contributed by atoms with van der Waals surface area (Å²) in [6.07, 6.45) is 5.08. The monoisotopic (exact) mass is 457 g/mol. The Hall–Kier alpha value is -2.91. The highest BCUT2D eigenvalue weighted by Gasteiger charge is 2.29. The van der Waals surface area contributed by atoms with E-state index in [4.69, 9.17) is 5.14 Å². The molecule has 0 radical (unpaired) electrons. The van der Waals surface area contributed by atoms with Crippen molar-refractivity contribution in [1.29, 1.82) is 0 Å². The number of carbonyl (C=O) groups excluding carboxylic acids is 2. The zero-order chi connectivity index (χ0) is 22.9. The Morgan fingerprint density at radius 2 is 1.59 bits per heavy atom. The molecular formula is C23H27N3O5S. The van der Waals surface area contributed by atoms with Gasteiger partial charge in [-0.2, -0.15) is 0 Å². The highest BCUT2D eigenvalue weighted by molar-refractivity contribution is 7.89. The number of amides is 2. The third-order valence-corrected chi connectivity index (χ3v) is 7.22. The topological polar surface area (TPSA) is 130 Å². The minimum atomic E-state index is -3.78. The van der Waals surface area contributed by atoms with Crippen molar-refractivity contribution < 1.29 is 23.1 Å². The number of hydrogen-bond donors (Lipinski definition) is 3. The van der Waals surface area contributed by atoms with E-state index in [2.05, 4.69) is 5.32 Å². The van der Waals surface area contributed by atoms with Gasteiger partial charge in [-0.1, -0.05) is 0 Å². The number of nitrogens with one attached hydrogen (secondary N) is 1. The number of carbonyl (C=O) groups is 2. The molecule has 0 aromatic heterocycles. The minimum Gasteiger partial charge on any atom is -0.507 e. The molecule has 9 heteroatoms. The predicted molar refractivity (Wildman–Crippen MR) is 120 cm³/mol. The molecule has 1 aliphatic carbocycles. The van der Waals surface area contributed by atoms with Crippen molar-refractivity contribution in [3.05, 3.63) is 53.1 Å². The first-order valence-corrected chi connectivity index (χ1v) is 12.3. The highest BCUT2D eigenvalue weighted by atomic mass is 32.2. The second-order valence-electron chi connectivity index (χ2n) is 8.47. The standard InChI is InChI=1S/C23H27N3O5S/c24-32(30,31)19-7-5-18(6-8-19)25-22(28)15-9-11-26(12-10-15)23(29)20-13-16-3-1-2-4-17(16)14-21(20)27/h5-8,13-15,27H,1-4,9-12H2,(H,25,28)(H2,24,30,31). The number of sulfonamides is 1. The molecule has 1 aliphatic heterocycles. The van der Waals surface area contributed by atoms with E-state index in [0.717, 1.165) is 36.8 Å². The van der Waals surface area contributed by atoms with Crippen LogP contribution in [-0.4, -0.2) is 43.3 Å². The summed E-state index contributed by atoms with van der Waals surface area (Å²) in [4.78, 5) is 27.3. The number of phenolic OH excluding ortho intramolecular Hbond substituents is 1. The molecule has 0 atom stereocenters. The molecule has 1 saturated heterocycles. The molecule has 32 heavy (non-hydrogen) atoms. The van der Waals surface area contributed by atoms with Gasteiger partial charge in [-0.15, -0.1) is 0 Å². The van der Waals surface area contributed by atoms with Crippen LogP contribution in [0, 0.1) is 5.92 Å². The van der Waals surface area contributed by atoms with Gasteiger partial charge in [0.05, 0.1) is 10.5 Å². The number of phenols is 1. The smallest absolute Gasteiger partial charge is 0.257 e. The molecule has 0 spiro atoms. The van der Waals surface area contributed by atoms with Gasteiger partial charge in [-0.25, -0.2) is 13.6 Å². The molecule has 2 amide bonds. The molecule has 2 aromatic carbocycles. The lowest BCUT2D eigenvalue weighted by molar-refractivity contribution is -0.121. The number of rotatable bonds is 4. The van der Waals surface area contributed by atoms with Crippen LogP contribution in [0.5, 0.6) is 5.75 Å². The van der Waals surface area contributed by atoms with Crippen molar-refractivity contribution >= 4 is 27.5 Å². The quantitative estimate of drug-likeness (QED) is 0.649. The van der Waals surface area contributed by atoms with Gasteiger partial charge in [0.2, 0.25) is 15.9 Å². The van der Waals surface area contributed by atoms with Crippen LogP contribution in [0.3, 0.4) is 0 Å². The summed E-state index contributed by atoms with van der Waals surface area (Å²) < 4.78 is 22.7. The maximum absolute atomic E-state index is 13.0. The summed E-state index contributed by atoms with van der Waals surface area (Å²) in [6, 6.07) is 9.23. The Kier molecular flexibility index (Phi) is 6.21. The average Bonchev–Trinajstić information content (AvgIpc) is 2.78. The zero-order valence-corrected chi connectivity index (χ0v) is 18.5. The number of piperidine rings is 1. The van der Waals surface area contributed by atoms with Crippen LogP contribution in [0.25, 0.3) is 0 Å². The maximum Gasteiger partial charge on any atom is 0.257 e. The number of aromatic hydroxyl groups is 1. The summed E-state index contributed by atoms with van der Waals surface area (Å²) in [6.45, 7) is 0.857. The van der Waals surface area contributed by atoms with E-state index in [9.17, 15) is 23.1 Å². The Morgan fingerprint density at radius 3 is 2.19 bits per heavy atom. The number of hydrogen-bond acceptors (Lipinski definition) is 5. The molecular weight excluding hydrogens is 430 g/mol. The van der Waals surface area contributed by atoms with E-state index in [0.29, 0.717) is 37.2 Å². The fourth-order valence-electron chi connectivity index (χ4n) is 4.43. The molecule has 0 bridgehead atoms. The molecule has 2 aliphatic rings. The predicted octanol–water partition coefficient (Wildman–Crippen LogP) is 2.41. The first-order chi connectivity index (χ1) is 15.2. The molecule has 0 unspecified atom stereocenters. The van der Waals surface area contributed by atoms with E-state index in [1.807, 2.05) is 6.07 Å². The molecule has 4 rings (SSSR count). The van der Waals surface area contributed by atoms with Gasteiger partial charge in [-0.05, 0) is 86.1 Å². The van der Waals surface area contributed by atoms with Gasteiger partial charge in [0, 0.05) is 24.7 Å². The molecule has 1 fully saturated rings. The van der Waals surface area contributed by atoms with Gasteiger partial charge in [-0.3, -0.25) is 9.59 Å². The van der Waals surface area contributed by atoms with E-state index in [1.165, 1.54) is 24.3 Å². The number of likely N-dealkylation sites (tertiary alicyclic amines) is 1. The van der Waals surface area contributed by atoms with Gasteiger partial charge < -0.3 is 15.3 Å².